The molecule has 0 saturated carbocycles. The summed E-state index contributed by atoms with van der Waals surface area (Å²) in [5.74, 6) is 0.208. The van der Waals surface area contributed by atoms with Crippen LogP contribution in [0, 0.1) is 11.7 Å². The summed E-state index contributed by atoms with van der Waals surface area (Å²) in [5, 5.41) is 9.66. The first-order valence-corrected chi connectivity index (χ1v) is 12.6. The molecule has 1 saturated heterocycles. The van der Waals surface area contributed by atoms with E-state index in [9.17, 15) is 14.0 Å². The molecule has 2 aliphatic heterocycles. The minimum Gasteiger partial charge on any atom is -0.454 e. The van der Waals surface area contributed by atoms with Crippen molar-refractivity contribution in [1.29, 1.82) is 0 Å². The topological polar surface area (TPSA) is 91.9 Å². The Balaban J connectivity index is 1.40. The number of fused-ring (bicyclic) bond motifs is 1. The van der Waals surface area contributed by atoms with Gasteiger partial charge in [-0.25, -0.2) is 4.39 Å². The molecule has 2 aliphatic rings. The Morgan fingerprint density at radius 3 is 2.47 bits per heavy atom. The van der Waals surface area contributed by atoms with Gasteiger partial charge in [-0.3, -0.25) is 9.59 Å². The van der Waals surface area contributed by atoms with Crippen LogP contribution in [0.2, 0.25) is 0 Å². The quantitative estimate of drug-likeness (QED) is 0.486. The van der Waals surface area contributed by atoms with Crippen molar-refractivity contribution in [3.63, 3.8) is 0 Å². The van der Waals surface area contributed by atoms with Crippen molar-refractivity contribution in [2.45, 2.75) is 45.2 Å². The Labute approximate surface area is 215 Å². The van der Waals surface area contributed by atoms with Crippen molar-refractivity contribution in [3.05, 3.63) is 53.8 Å². The summed E-state index contributed by atoms with van der Waals surface area (Å²) >= 11 is 5.54. The van der Waals surface area contributed by atoms with Gasteiger partial charge < -0.3 is 30.3 Å². The van der Waals surface area contributed by atoms with Crippen LogP contribution in [-0.4, -0.2) is 53.8 Å². The Bertz CT molecular complexity index is 1110. The molecular formula is C26H31FN4O4S. The van der Waals surface area contributed by atoms with Gasteiger partial charge in [0.2, 0.25) is 12.7 Å². The van der Waals surface area contributed by atoms with E-state index in [4.69, 9.17) is 21.7 Å². The van der Waals surface area contributed by atoms with Crippen LogP contribution in [0.5, 0.6) is 11.5 Å². The number of ether oxygens (including phenoxy) is 2. The van der Waals surface area contributed by atoms with E-state index in [0.29, 0.717) is 53.8 Å². The van der Waals surface area contributed by atoms with Gasteiger partial charge in [-0.05, 0) is 86.8 Å². The zero-order chi connectivity index (χ0) is 25.7. The van der Waals surface area contributed by atoms with Crippen LogP contribution < -0.4 is 25.4 Å². The number of halogens is 1. The molecule has 3 N–H and O–H groups in total. The molecule has 2 aromatic carbocycles. The number of nitrogens with one attached hydrogen (secondary N) is 3. The zero-order valence-electron chi connectivity index (χ0n) is 20.4. The normalized spacial score (nSPS) is 16.7. The molecule has 1 fully saturated rings. The van der Waals surface area contributed by atoms with Crippen molar-refractivity contribution in [2.24, 2.45) is 5.92 Å². The molecule has 0 bridgehead atoms. The molecule has 2 amide bonds. The Morgan fingerprint density at radius 1 is 1.08 bits per heavy atom. The number of benzene rings is 2. The SMILES string of the molecule is CC[C@H](C)NC(=O)[C@@H](NC(=O)c1ccc2c(c1)OCO2)C1CCN(C(=S)Nc2ccc(F)cc2)CC1. The van der Waals surface area contributed by atoms with Crippen molar-refractivity contribution >= 4 is 34.8 Å². The average molecular weight is 515 g/mol. The van der Waals surface area contributed by atoms with Crippen LogP contribution in [0.1, 0.15) is 43.5 Å². The minimum absolute atomic E-state index is 0.00461. The van der Waals surface area contributed by atoms with Gasteiger partial charge in [-0.15, -0.1) is 0 Å². The van der Waals surface area contributed by atoms with Crippen LogP contribution in [0.15, 0.2) is 42.5 Å². The summed E-state index contributed by atoms with van der Waals surface area (Å²) < 4.78 is 23.9. The number of amides is 2. The van der Waals surface area contributed by atoms with Gasteiger partial charge in [-0.2, -0.15) is 0 Å². The third-order valence-electron chi connectivity index (χ3n) is 6.60. The first-order chi connectivity index (χ1) is 17.3. The largest absolute Gasteiger partial charge is 0.454 e. The summed E-state index contributed by atoms with van der Waals surface area (Å²) in [6, 6.07) is 10.3. The lowest BCUT2D eigenvalue weighted by molar-refractivity contribution is -0.125. The third-order valence-corrected chi connectivity index (χ3v) is 6.96. The maximum atomic E-state index is 13.2. The summed E-state index contributed by atoms with van der Waals surface area (Å²) in [7, 11) is 0. The molecule has 2 heterocycles. The Kier molecular flexibility index (Phi) is 8.25. The minimum atomic E-state index is -0.683. The van der Waals surface area contributed by atoms with E-state index < -0.39 is 6.04 Å². The van der Waals surface area contributed by atoms with Crippen LogP contribution in [0.25, 0.3) is 0 Å². The van der Waals surface area contributed by atoms with Crippen LogP contribution in [0.3, 0.4) is 0 Å². The average Bonchev–Trinajstić information content (AvgIpc) is 3.36. The second-order valence-electron chi connectivity index (χ2n) is 9.10. The fraction of sp³-hybridized carbons (Fsp3) is 0.423. The molecule has 4 rings (SSSR count). The third kappa shape index (κ3) is 6.23. The summed E-state index contributed by atoms with van der Waals surface area (Å²) in [6.07, 6.45) is 2.13. The van der Waals surface area contributed by atoms with E-state index in [2.05, 4.69) is 16.0 Å². The molecule has 0 aliphatic carbocycles. The lowest BCUT2D eigenvalue weighted by Crippen LogP contribution is -2.55. The predicted octanol–water partition coefficient (Wildman–Crippen LogP) is 3.68. The summed E-state index contributed by atoms with van der Waals surface area (Å²) in [6.45, 7) is 5.32. The zero-order valence-corrected chi connectivity index (χ0v) is 21.2. The molecule has 36 heavy (non-hydrogen) atoms. The number of hydrogen-bond donors (Lipinski definition) is 3. The van der Waals surface area contributed by atoms with Crippen LogP contribution in [0.4, 0.5) is 10.1 Å². The molecular weight excluding hydrogens is 483 g/mol. The van der Waals surface area contributed by atoms with E-state index in [1.165, 1.54) is 12.1 Å². The van der Waals surface area contributed by atoms with E-state index in [1.807, 2.05) is 18.7 Å². The first kappa shape index (κ1) is 25.7. The van der Waals surface area contributed by atoms with Gasteiger partial charge in [0.25, 0.3) is 5.91 Å². The number of carbonyl (C=O) groups is 2. The van der Waals surface area contributed by atoms with Gasteiger partial charge >= 0.3 is 0 Å². The van der Waals surface area contributed by atoms with Crippen LogP contribution in [-0.2, 0) is 4.79 Å². The number of likely N-dealkylation sites (tertiary alicyclic amines) is 1. The molecule has 192 valence electrons. The number of anilines is 1. The van der Waals surface area contributed by atoms with Gasteiger partial charge in [0.15, 0.2) is 16.6 Å². The second-order valence-corrected chi connectivity index (χ2v) is 9.49. The number of thiocarbonyl (C=S) groups is 1. The van der Waals surface area contributed by atoms with Gasteiger partial charge in [0.05, 0.1) is 0 Å². The highest BCUT2D eigenvalue weighted by molar-refractivity contribution is 7.80. The molecule has 0 spiro atoms. The molecule has 2 atom stereocenters. The highest BCUT2D eigenvalue weighted by atomic mass is 32.1. The first-order valence-electron chi connectivity index (χ1n) is 12.2. The maximum absolute atomic E-state index is 13.2. The monoisotopic (exact) mass is 514 g/mol. The Morgan fingerprint density at radius 2 is 1.78 bits per heavy atom. The summed E-state index contributed by atoms with van der Waals surface area (Å²) in [5.41, 5.74) is 1.12. The smallest absolute Gasteiger partial charge is 0.252 e. The highest BCUT2D eigenvalue weighted by Crippen LogP contribution is 2.32. The van der Waals surface area contributed by atoms with Crippen molar-refractivity contribution < 1.29 is 23.5 Å². The summed E-state index contributed by atoms with van der Waals surface area (Å²) in [4.78, 5) is 28.3. The predicted molar refractivity (Wildman–Crippen MR) is 139 cm³/mol. The van der Waals surface area contributed by atoms with Gasteiger partial charge in [-0.1, -0.05) is 6.92 Å². The van der Waals surface area contributed by atoms with Crippen molar-refractivity contribution in [2.75, 3.05) is 25.2 Å². The number of carbonyl (C=O) groups excluding carboxylic acids is 2. The molecule has 2 aromatic rings. The number of piperidine rings is 1. The van der Waals surface area contributed by atoms with Gasteiger partial charge in [0.1, 0.15) is 11.9 Å². The molecule has 10 heteroatoms. The van der Waals surface area contributed by atoms with E-state index >= 15 is 0 Å². The molecule has 0 radical (unpaired) electrons. The second kappa shape index (κ2) is 11.6. The number of rotatable bonds is 7. The molecule has 0 aromatic heterocycles. The lowest BCUT2D eigenvalue weighted by atomic mass is 9.88. The van der Waals surface area contributed by atoms with Crippen molar-refractivity contribution in [1.82, 2.24) is 15.5 Å². The Hall–Kier alpha value is -3.40. The molecule has 0 unspecified atom stereocenters. The number of nitrogens with zero attached hydrogens (tertiary/aromatic N) is 1. The molecule has 8 nitrogen and oxygen atoms in total. The van der Waals surface area contributed by atoms with Gasteiger partial charge in [0, 0.05) is 30.4 Å². The fourth-order valence-electron chi connectivity index (χ4n) is 4.27. The highest BCUT2D eigenvalue weighted by Gasteiger charge is 2.34. The van der Waals surface area contributed by atoms with E-state index in [0.717, 1.165) is 6.42 Å². The lowest BCUT2D eigenvalue weighted by Gasteiger charge is -2.37. The fourth-order valence-corrected chi connectivity index (χ4v) is 4.57. The standard InChI is InChI=1S/C26H31FN4O4S/c1-3-16(2)28-25(33)23(30-24(32)18-4-9-21-22(14-18)35-15-34-21)17-10-12-31(13-11-17)26(36)29-20-7-5-19(27)6-8-20/h4-9,14,16-17,23H,3,10-13,15H2,1-2H3,(H,28,33)(H,29,36)(H,30,32)/t16-,23-/m0/s1. The van der Waals surface area contributed by atoms with E-state index in [-0.39, 0.29) is 36.4 Å². The maximum Gasteiger partial charge on any atom is 0.252 e. The number of hydrogen-bond acceptors (Lipinski definition) is 5. The van der Waals surface area contributed by atoms with Crippen molar-refractivity contribution in [3.8, 4) is 11.5 Å². The van der Waals surface area contributed by atoms with E-state index in [1.54, 1.807) is 30.3 Å². The van der Waals surface area contributed by atoms with Crippen LogP contribution >= 0.6 is 12.2 Å².